The molecule has 0 aliphatic rings. The summed E-state index contributed by atoms with van der Waals surface area (Å²) in [6.07, 6.45) is 3.76. The van der Waals surface area contributed by atoms with Crippen LogP contribution < -0.4 is 28.5 Å². The number of nitrogens with zero attached hydrogens (tertiary/aromatic N) is 3. The van der Waals surface area contributed by atoms with Gasteiger partial charge in [-0.3, -0.25) is 10.1 Å². The van der Waals surface area contributed by atoms with Crippen LogP contribution in [0.4, 0.5) is 5.69 Å². The number of benzene rings is 1. The van der Waals surface area contributed by atoms with Crippen LogP contribution in [0.5, 0.6) is 0 Å². The number of aromatic nitrogens is 2. The van der Waals surface area contributed by atoms with E-state index in [9.17, 15) is 10.1 Å². The third kappa shape index (κ3) is 2.62. The molecule has 0 unspecified atom stereocenters. The first kappa shape index (κ1) is 14.4. The van der Waals surface area contributed by atoms with Gasteiger partial charge in [0.25, 0.3) is 5.69 Å². The van der Waals surface area contributed by atoms with Gasteiger partial charge in [-0.15, -0.1) is 0 Å². The van der Waals surface area contributed by atoms with Crippen LogP contribution in [0.15, 0.2) is 47.1 Å². The molecule has 0 spiro atoms. The monoisotopic (exact) mass is 383 g/mol. The second-order valence-corrected chi connectivity index (χ2v) is 4.18. The number of aryl methyl sites for hydroxylation is 1. The highest BCUT2D eigenvalue weighted by atomic mass is 127. The summed E-state index contributed by atoms with van der Waals surface area (Å²) in [5, 5.41) is 10.7. The maximum absolute atomic E-state index is 10.7. The second-order valence-electron chi connectivity index (χ2n) is 4.18. The summed E-state index contributed by atoms with van der Waals surface area (Å²) in [4.78, 5) is 14.6. The Hall–Kier alpha value is -2.03. The van der Waals surface area contributed by atoms with E-state index in [1.807, 2.05) is 36.1 Å². The molecule has 0 aliphatic carbocycles. The molecule has 20 heavy (non-hydrogen) atoms. The lowest BCUT2D eigenvalue weighted by Crippen LogP contribution is -3.00. The Morgan fingerprint density at radius 1 is 1.25 bits per heavy atom. The van der Waals surface area contributed by atoms with Crippen molar-refractivity contribution in [1.82, 2.24) is 4.98 Å². The molecule has 0 fully saturated rings. The highest BCUT2D eigenvalue weighted by Gasteiger charge is 2.13. The van der Waals surface area contributed by atoms with Crippen LogP contribution in [0.2, 0.25) is 0 Å². The number of nitro benzene ring substituents is 1. The van der Waals surface area contributed by atoms with Crippen molar-refractivity contribution in [2.24, 2.45) is 7.05 Å². The van der Waals surface area contributed by atoms with Gasteiger partial charge < -0.3 is 28.4 Å². The van der Waals surface area contributed by atoms with Crippen molar-refractivity contribution in [3.8, 4) is 11.5 Å². The van der Waals surface area contributed by atoms with E-state index in [0.717, 1.165) is 5.56 Å². The van der Waals surface area contributed by atoms with Crippen molar-refractivity contribution >= 4 is 16.8 Å². The van der Waals surface area contributed by atoms with E-state index in [-0.39, 0.29) is 29.7 Å². The van der Waals surface area contributed by atoms with E-state index in [4.69, 9.17) is 4.42 Å². The van der Waals surface area contributed by atoms with E-state index in [0.29, 0.717) is 17.0 Å². The predicted molar refractivity (Wildman–Crippen MR) is 67.3 cm³/mol. The molecule has 2 heterocycles. The first-order valence-corrected chi connectivity index (χ1v) is 5.64. The van der Waals surface area contributed by atoms with E-state index in [1.54, 1.807) is 6.07 Å². The largest absolute Gasteiger partial charge is 1.00 e. The normalized spacial score (nSPS) is 10.2. The SMILES string of the molecule is C[n+]1ccc(-c2nc3ccc([N+](=O)[O-])cc3o2)cc1.[I-]. The molecule has 0 bridgehead atoms. The molecule has 102 valence electrons. The van der Waals surface area contributed by atoms with Gasteiger partial charge in [-0.05, 0) is 6.07 Å². The van der Waals surface area contributed by atoms with E-state index >= 15 is 0 Å². The molecule has 0 N–H and O–H groups in total. The number of hydrogen-bond donors (Lipinski definition) is 0. The molecule has 0 saturated heterocycles. The molecule has 2 aromatic heterocycles. The number of rotatable bonds is 2. The number of hydrogen-bond acceptors (Lipinski definition) is 4. The number of nitro groups is 1. The zero-order valence-electron chi connectivity index (χ0n) is 10.5. The van der Waals surface area contributed by atoms with Crippen LogP contribution in [0, 0.1) is 10.1 Å². The van der Waals surface area contributed by atoms with Crippen molar-refractivity contribution < 1.29 is 37.9 Å². The van der Waals surface area contributed by atoms with E-state index < -0.39 is 4.92 Å². The van der Waals surface area contributed by atoms with Crippen molar-refractivity contribution in [1.29, 1.82) is 0 Å². The van der Waals surface area contributed by atoms with Crippen molar-refractivity contribution in [3.63, 3.8) is 0 Å². The fraction of sp³-hybridized carbons (Fsp3) is 0.0769. The molecule has 0 atom stereocenters. The average molecular weight is 383 g/mol. The van der Waals surface area contributed by atoms with Crippen molar-refractivity contribution in [2.45, 2.75) is 0 Å². The standard InChI is InChI=1S/C13H10N3O3.HI/c1-15-6-4-9(5-7-15)13-14-11-3-2-10(16(17)18)8-12(11)19-13;/h2-8H,1H3;1H/q+1;/p-1. The summed E-state index contributed by atoms with van der Waals surface area (Å²) in [6, 6.07) is 8.13. The summed E-state index contributed by atoms with van der Waals surface area (Å²) in [5.74, 6) is 0.455. The number of oxazole rings is 1. The molecular formula is C13H10IN3O3. The summed E-state index contributed by atoms with van der Waals surface area (Å²) in [6.45, 7) is 0. The molecule has 7 heteroatoms. The second kappa shape index (κ2) is 5.53. The zero-order chi connectivity index (χ0) is 13.4. The number of fused-ring (bicyclic) bond motifs is 1. The lowest BCUT2D eigenvalue weighted by molar-refractivity contribution is -0.671. The van der Waals surface area contributed by atoms with Gasteiger partial charge >= 0.3 is 0 Å². The highest BCUT2D eigenvalue weighted by molar-refractivity contribution is 5.78. The van der Waals surface area contributed by atoms with Gasteiger partial charge in [-0.1, -0.05) is 0 Å². The maximum atomic E-state index is 10.7. The Labute approximate surface area is 131 Å². The third-order valence-electron chi connectivity index (χ3n) is 2.81. The van der Waals surface area contributed by atoms with Crippen LogP contribution in [0.25, 0.3) is 22.6 Å². The molecule has 0 amide bonds. The molecule has 0 saturated carbocycles. The van der Waals surface area contributed by atoms with Crippen LogP contribution in [0.3, 0.4) is 0 Å². The van der Waals surface area contributed by atoms with Gasteiger partial charge in [0.05, 0.1) is 11.0 Å². The fourth-order valence-electron chi connectivity index (χ4n) is 1.79. The molecule has 3 rings (SSSR count). The molecule has 1 aromatic carbocycles. The minimum atomic E-state index is -0.454. The van der Waals surface area contributed by atoms with Crippen molar-refractivity contribution in [2.75, 3.05) is 0 Å². The Morgan fingerprint density at radius 2 is 1.95 bits per heavy atom. The first-order valence-electron chi connectivity index (χ1n) is 5.64. The van der Waals surface area contributed by atoms with Gasteiger partial charge in [0.2, 0.25) is 5.89 Å². The van der Waals surface area contributed by atoms with Gasteiger partial charge in [-0.25, -0.2) is 9.55 Å². The molecule has 0 aliphatic heterocycles. The zero-order valence-corrected chi connectivity index (χ0v) is 12.6. The summed E-state index contributed by atoms with van der Waals surface area (Å²) >= 11 is 0. The Kier molecular flexibility index (Phi) is 3.98. The molecule has 6 nitrogen and oxygen atoms in total. The maximum Gasteiger partial charge on any atom is 0.273 e. The Bertz CT molecular complexity index is 768. The summed E-state index contributed by atoms with van der Waals surface area (Å²) < 4.78 is 7.46. The van der Waals surface area contributed by atoms with E-state index in [1.165, 1.54) is 12.1 Å². The predicted octanol–water partition coefficient (Wildman–Crippen LogP) is -0.769. The lowest BCUT2D eigenvalue weighted by Gasteiger charge is -1.91. The number of pyridine rings is 1. The van der Waals surface area contributed by atoms with Gasteiger partial charge in [0.1, 0.15) is 12.6 Å². The molecule has 3 aromatic rings. The quantitative estimate of drug-likeness (QED) is 0.252. The van der Waals surface area contributed by atoms with Crippen LogP contribution in [-0.4, -0.2) is 9.91 Å². The first-order chi connectivity index (χ1) is 9.13. The van der Waals surface area contributed by atoms with Crippen LogP contribution >= 0.6 is 0 Å². The van der Waals surface area contributed by atoms with E-state index in [2.05, 4.69) is 4.98 Å². The smallest absolute Gasteiger partial charge is 0.273 e. The minimum absolute atomic E-state index is 0. The third-order valence-corrected chi connectivity index (χ3v) is 2.81. The van der Waals surface area contributed by atoms with Crippen LogP contribution in [0.1, 0.15) is 0 Å². The lowest BCUT2D eigenvalue weighted by atomic mass is 10.3. The number of non-ortho nitro benzene ring substituents is 1. The van der Waals surface area contributed by atoms with Gasteiger partial charge in [0.15, 0.2) is 18.0 Å². The molecule has 0 radical (unpaired) electrons. The van der Waals surface area contributed by atoms with Gasteiger partial charge in [0, 0.05) is 23.8 Å². The highest BCUT2D eigenvalue weighted by Crippen LogP contribution is 2.26. The number of halogens is 1. The van der Waals surface area contributed by atoms with Crippen LogP contribution in [-0.2, 0) is 7.05 Å². The summed E-state index contributed by atoms with van der Waals surface area (Å²) in [5.41, 5.74) is 1.85. The summed E-state index contributed by atoms with van der Waals surface area (Å²) in [7, 11) is 1.92. The Morgan fingerprint density at radius 3 is 2.60 bits per heavy atom. The fourth-order valence-corrected chi connectivity index (χ4v) is 1.79. The average Bonchev–Trinajstić information content (AvgIpc) is 2.82. The molecular weight excluding hydrogens is 373 g/mol. The Balaban J connectivity index is 0.00000147. The minimum Gasteiger partial charge on any atom is -1.00 e. The topological polar surface area (TPSA) is 73.0 Å². The van der Waals surface area contributed by atoms with Crippen molar-refractivity contribution in [3.05, 3.63) is 52.8 Å². The van der Waals surface area contributed by atoms with Gasteiger partial charge in [-0.2, -0.15) is 0 Å².